The Balaban J connectivity index is 1.58. The number of nitrogens with zero attached hydrogens (tertiary/aromatic N) is 1. The highest BCUT2D eigenvalue weighted by Crippen LogP contribution is 2.33. The second kappa shape index (κ2) is 9.91. The van der Waals surface area contributed by atoms with Gasteiger partial charge >= 0.3 is 6.03 Å². The Morgan fingerprint density at radius 1 is 0.892 bits per heavy atom. The van der Waals surface area contributed by atoms with Gasteiger partial charge in [-0.2, -0.15) is 0 Å². The van der Waals surface area contributed by atoms with Crippen molar-refractivity contribution in [3.63, 3.8) is 0 Å². The first-order valence-corrected chi connectivity index (χ1v) is 12.1. The standard InChI is InChI=1S/C30H23ClN2O4/c1-18-11-12-20(15-19(18)2)17-37-27-14-13-21-7-3-4-8-22(21)23(27)16-24-28(34)32-30(36)33(29(24)35)26-10-6-5-9-25(26)31/h3-16H,17H2,1-2H3,(H,32,34,36)/b24-16+. The first kappa shape index (κ1) is 24.3. The molecule has 1 heterocycles. The number of nitrogens with one attached hydrogen (secondary N) is 1. The summed E-state index contributed by atoms with van der Waals surface area (Å²) in [7, 11) is 0. The van der Waals surface area contributed by atoms with Crippen molar-refractivity contribution in [3.05, 3.63) is 112 Å². The maximum Gasteiger partial charge on any atom is 0.335 e. The zero-order valence-corrected chi connectivity index (χ0v) is 21.0. The highest BCUT2D eigenvalue weighted by atomic mass is 35.5. The van der Waals surface area contributed by atoms with Crippen LogP contribution in [0.15, 0.2) is 84.4 Å². The Labute approximate surface area is 219 Å². The van der Waals surface area contributed by atoms with Crippen LogP contribution in [0.3, 0.4) is 0 Å². The summed E-state index contributed by atoms with van der Waals surface area (Å²) in [6, 6.07) is 23.1. The normalized spacial score (nSPS) is 14.8. The Morgan fingerprint density at radius 3 is 2.43 bits per heavy atom. The third-order valence-corrected chi connectivity index (χ3v) is 6.70. The summed E-state index contributed by atoms with van der Waals surface area (Å²) < 4.78 is 6.20. The lowest BCUT2D eigenvalue weighted by atomic mass is 9.99. The number of aryl methyl sites for hydroxylation is 2. The number of hydrogen-bond donors (Lipinski definition) is 1. The molecule has 184 valence electrons. The van der Waals surface area contributed by atoms with Crippen LogP contribution in [0.4, 0.5) is 10.5 Å². The first-order chi connectivity index (χ1) is 17.8. The lowest BCUT2D eigenvalue weighted by Gasteiger charge is -2.27. The molecule has 37 heavy (non-hydrogen) atoms. The number of imide groups is 2. The molecule has 0 aromatic heterocycles. The van der Waals surface area contributed by atoms with Crippen LogP contribution in [0.2, 0.25) is 5.02 Å². The molecular formula is C30H23ClN2O4. The van der Waals surface area contributed by atoms with E-state index in [1.165, 1.54) is 11.6 Å². The topological polar surface area (TPSA) is 75.7 Å². The van der Waals surface area contributed by atoms with Gasteiger partial charge in [-0.25, -0.2) is 9.69 Å². The predicted octanol–water partition coefficient (Wildman–Crippen LogP) is 6.36. The van der Waals surface area contributed by atoms with Gasteiger partial charge in [0.1, 0.15) is 17.9 Å². The third-order valence-electron chi connectivity index (χ3n) is 6.38. The first-order valence-electron chi connectivity index (χ1n) is 11.7. The van der Waals surface area contributed by atoms with Crippen LogP contribution in [-0.2, 0) is 16.2 Å². The number of carbonyl (C=O) groups is 3. The van der Waals surface area contributed by atoms with Crippen LogP contribution in [0.25, 0.3) is 16.8 Å². The van der Waals surface area contributed by atoms with Crippen LogP contribution >= 0.6 is 11.6 Å². The fourth-order valence-corrected chi connectivity index (χ4v) is 4.48. The van der Waals surface area contributed by atoms with Gasteiger partial charge in [0.2, 0.25) is 0 Å². The number of halogens is 1. The van der Waals surface area contributed by atoms with E-state index in [1.807, 2.05) is 55.5 Å². The SMILES string of the molecule is Cc1ccc(COc2ccc3ccccc3c2/C=C2\C(=O)NC(=O)N(c3ccccc3Cl)C2=O)cc1C. The average Bonchev–Trinajstić information content (AvgIpc) is 2.88. The predicted molar refractivity (Wildman–Crippen MR) is 145 cm³/mol. The number of urea groups is 1. The average molecular weight is 511 g/mol. The van der Waals surface area contributed by atoms with Gasteiger partial charge in [0.05, 0.1) is 10.7 Å². The summed E-state index contributed by atoms with van der Waals surface area (Å²) in [6.07, 6.45) is 1.48. The van der Waals surface area contributed by atoms with Crippen LogP contribution < -0.4 is 15.0 Å². The van der Waals surface area contributed by atoms with E-state index in [0.29, 0.717) is 17.9 Å². The minimum absolute atomic E-state index is 0.189. The molecule has 7 heteroatoms. The van der Waals surface area contributed by atoms with Gasteiger partial charge in [0.25, 0.3) is 11.8 Å². The molecule has 4 aromatic rings. The van der Waals surface area contributed by atoms with Crippen molar-refractivity contribution in [3.8, 4) is 5.75 Å². The molecule has 5 rings (SSSR count). The van der Waals surface area contributed by atoms with E-state index < -0.39 is 17.8 Å². The van der Waals surface area contributed by atoms with Gasteiger partial charge in [0.15, 0.2) is 0 Å². The molecule has 1 saturated heterocycles. The van der Waals surface area contributed by atoms with Crippen LogP contribution in [0.5, 0.6) is 5.75 Å². The molecule has 0 unspecified atom stereocenters. The van der Waals surface area contributed by atoms with Gasteiger partial charge in [-0.3, -0.25) is 14.9 Å². The molecule has 0 aliphatic carbocycles. The van der Waals surface area contributed by atoms with Crippen molar-refractivity contribution in [2.45, 2.75) is 20.5 Å². The van der Waals surface area contributed by atoms with Crippen LogP contribution in [0, 0.1) is 13.8 Å². The van der Waals surface area contributed by atoms with Crippen molar-refractivity contribution >= 4 is 52.0 Å². The maximum atomic E-state index is 13.5. The summed E-state index contributed by atoms with van der Waals surface area (Å²) in [4.78, 5) is 39.8. The van der Waals surface area contributed by atoms with Crippen molar-refractivity contribution in [2.75, 3.05) is 4.90 Å². The number of ether oxygens (including phenoxy) is 1. The van der Waals surface area contributed by atoms with Crippen LogP contribution in [0.1, 0.15) is 22.3 Å². The molecule has 1 N–H and O–H groups in total. The van der Waals surface area contributed by atoms with Crippen LogP contribution in [-0.4, -0.2) is 17.8 Å². The molecule has 1 fully saturated rings. The van der Waals surface area contributed by atoms with Crippen molar-refractivity contribution in [1.29, 1.82) is 0 Å². The van der Waals surface area contributed by atoms with Gasteiger partial charge in [-0.15, -0.1) is 0 Å². The van der Waals surface area contributed by atoms with E-state index in [2.05, 4.69) is 18.3 Å². The van der Waals surface area contributed by atoms with Gasteiger partial charge < -0.3 is 4.74 Å². The highest BCUT2D eigenvalue weighted by molar-refractivity contribution is 6.42. The molecule has 0 saturated carbocycles. The lowest BCUT2D eigenvalue weighted by molar-refractivity contribution is -0.122. The molecule has 0 bridgehead atoms. The highest BCUT2D eigenvalue weighted by Gasteiger charge is 2.38. The molecule has 4 aromatic carbocycles. The summed E-state index contributed by atoms with van der Waals surface area (Å²) in [5.41, 5.74) is 3.90. The fraction of sp³-hybridized carbons (Fsp3) is 0.100. The molecule has 1 aliphatic rings. The minimum atomic E-state index is -0.857. The molecule has 0 spiro atoms. The van der Waals surface area contributed by atoms with Gasteiger partial charge in [-0.1, -0.05) is 72.3 Å². The second-order valence-electron chi connectivity index (χ2n) is 8.82. The molecule has 6 nitrogen and oxygen atoms in total. The number of carbonyl (C=O) groups excluding carboxylic acids is 3. The summed E-state index contributed by atoms with van der Waals surface area (Å²) in [5.74, 6) is -1.05. The van der Waals surface area contributed by atoms with Crippen molar-refractivity contribution in [1.82, 2.24) is 5.32 Å². The van der Waals surface area contributed by atoms with Crippen molar-refractivity contribution < 1.29 is 19.1 Å². The lowest BCUT2D eigenvalue weighted by Crippen LogP contribution is -2.54. The van der Waals surface area contributed by atoms with Crippen molar-refractivity contribution in [2.24, 2.45) is 0 Å². The van der Waals surface area contributed by atoms with E-state index in [-0.39, 0.29) is 16.3 Å². The zero-order valence-electron chi connectivity index (χ0n) is 20.2. The largest absolute Gasteiger partial charge is 0.488 e. The molecule has 4 amide bonds. The maximum absolute atomic E-state index is 13.5. The van der Waals surface area contributed by atoms with Gasteiger partial charge in [0, 0.05) is 5.56 Å². The smallest absolute Gasteiger partial charge is 0.335 e. The van der Waals surface area contributed by atoms with E-state index in [0.717, 1.165) is 26.8 Å². The number of barbiturate groups is 1. The second-order valence-corrected chi connectivity index (χ2v) is 9.22. The number of amides is 4. The fourth-order valence-electron chi connectivity index (χ4n) is 4.26. The molecule has 1 aliphatic heterocycles. The molecule has 0 radical (unpaired) electrons. The number of hydrogen-bond acceptors (Lipinski definition) is 4. The summed E-state index contributed by atoms with van der Waals surface area (Å²) in [5, 5.41) is 4.18. The third kappa shape index (κ3) is 4.71. The summed E-state index contributed by atoms with van der Waals surface area (Å²) >= 11 is 6.26. The van der Waals surface area contributed by atoms with Gasteiger partial charge in [-0.05, 0) is 65.6 Å². The Morgan fingerprint density at radius 2 is 1.65 bits per heavy atom. The number of fused-ring (bicyclic) bond motifs is 1. The zero-order chi connectivity index (χ0) is 26.1. The minimum Gasteiger partial charge on any atom is -0.488 e. The molecule has 0 atom stereocenters. The van der Waals surface area contributed by atoms with E-state index in [4.69, 9.17) is 16.3 Å². The number of anilines is 1. The Kier molecular flexibility index (Phi) is 6.51. The Hall–Kier alpha value is -4.42. The monoisotopic (exact) mass is 510 g/mol. The number of para-hydroxylation sites is 1. The number of rotatable bonds is 5. The molecular weight excluding hydrogens is 488 g/mol. The quantitative estimate of drug-likeness (QED) is 0.250. The van der Waals surface area contributed by atoms with E-state index in [1.54, 1.807) is 24.3 Å². The summed E-state index contributed by atoms with van der Waals surface area (Å²) in [6.45, 7) is 4.40. The number of benzene rings is 4. The van der Waals surface area contributed by atoms with E-state index in [9.17, 15) is 14.4 Å². The van der Waals surface area contributed by atoms with E-state index >= 15 is 0 Å². The Bertz CT molecular complexity index is 1610.